The number of tetrazole rings is 1. The van der Waals surface area contributed by atoms with E-state index in [2.05, 4.69) is 72.6 Å². The maximum atomic E-state index is 5.08. The van der Waals surface area contributed by atoms with Crippen LogP contribution in [0.1, 0.15) is 31.1 Å². The van der Waals surface area contributed by atoms with Gasteiger partial charge in [-0.15, -0.1) is 10.2 Å². The third-order valence-corrected chi connectivity index (χ3v) is 4.94. The highest BCUT2D eigenvalue weighted by Gasteiger charge is 2.22. The van der Waals surface area contributed by atoms with Crippen LogP contribution in [0.25, 0.3) is 11.4 Å². The average Bonchev–Trinajstić information content (AvgIpc) is 3.34. The number of aromatic nitrogens is 6. The van der Waals surface area contributed by atoms with E-state index in [0.29, 0.717) is 17.6 Å². The zero-order chi connectivity index (χ0) is 19.5. The molecule has 0 unspecified atom stereocenters. The molecule has 1 aliphatic rings. The largest absolute Gasteiger partial charge is 0.368 e. The van der Waals surface area contributed by atoms with Gasteiger partial charge in [0.1, 0.15) is 0 Å². The second-order valence-electron chi connectivity index (χ2n) is 7.68. The molecule has 0 aliphatic carbocycles. The molecule has 3 heterocycles. The number of hydrogen-bond acceptors (Lipinski definition) is 8. The lowest BCUT2D eigenvalue weighted by molar-refractivity contribution is 0.240. The van der Waals surface area contributed by atoms with Gasteiger partial charge in [0.15, 0.2) is 5.82 Å². The third-order valence-electron chi connectivity index (χ3n) is 4.94. The summed E-state index contributed by atoms with van der Waals surface area (Å²) in [7, 11) is 0. The van der Waals surface area contributed by atoms with Crippen molar-refractivity contribution in [2.45, 2.75) is 33.7 Å². The van der Waals surface area contributed by atoms with Crippen molar-refractivity contribution in [1.29, 1.82) is 0 Å². The van der Waals surface area contributed by atoms with Crippen LogP contribution in [-0.2, 0) is 13.0 Å². The summed E-state index contributed by atoms with van der Waals surface area (Å²) in [5.41, 5.74) is 3.53. The number of aromatic amines is 1. The molecule has 0 amide bonds. The Balaban J connectivity index is 1.51. The summed E-state index contributed by atoms with van der Waals surface area (Å²) >= 11 is 0. The minimum Gasteiger partial charge on any atom is -0.368 e. The van der Waals surface area contributed by atoms with Crippen molar-refractivity contribution >= 4 is 5.69 Å². The van der Waals surface area contributed by atoms with Crippen molar-refractivity contribution in [3.8, 4) is 11.4 Å². The van der Waals surface area contributed by atoms with Gasteiger partial charge in [-0.2, -0.15) is 10.2 Å². The van der Waals surface area contributed by atoms with Crippen LogP contribution in [0.4, 0.5) is 5.69 Å². The molecule has 0 spiro atoms. The number of hydrogen-bond donors (Lipinski definition) is 1. The average molecular weight is 382 g/mol. The van der Waals surface area contributed by atoms with E-state index in [0.717, 1.165) is 50.5 Å². The number of anilines is 1. The number of rotatable bonds is 6. The molecule has 0 radical (unpaired) electrons. The summed E-state index contributed by atoms with van der Waals surface area (Å²) in [6.07, 6.45) is 1.05. The molecule has 0 bridgehead atoms. The van der Waals surface area contributed by atoms with Gasteiger partial charge in [0.05, 0.1) is 6.54 Å². The topological polar surface area (TPSA) is 99.9 Å². The first-order valence-corrected chi connectivity index (χ1v) is 9.71. The fraction of sp³-hybridized carbons (Fsp3) is 0.526. The monoisotopic (exact) mass is 382 g/mol. The summed E-state index contributed by atoms with van der Waals surface area (Å²) < 4.78 is 5.08. The molecule has 4 rings (SSSR count). The molecule has 0 saturated carbocycles. The third kappa shape index (κ3) is 4.19. The maximum absolute atomic E-state index is 5.08. The summed E-state index contributed by atoms with van der Waals surface area (Å²) in [5.74, 6) is 2.60. The molecule has 28 heavy (non-hydrogen) atoms. The van der Waals surface area contributed by atoms with Crippen LogP contribution in [-0.4, -0.2) is 61.8 Å². The highest BCUT2D eigenvalue weighted by molar-refractivity contribution is 5.75. The molecule has 148 valence electrons. The van der Waals surface area contributed by atoms with Crippen molar-refractivity contribution in [3.63, 3.8) is 0 Å². The number of aryl methyl sites for hydroxylation is 1. The number of piperazine rings is 1. The second kappa shape index (κ2) is 8.05. The lowest BCUT2D eigenvalue weighted by Crippen LogP contribution is -2.46. The van der Waals surface area contributed by atoms with Crippen LogP contribution in [0.5, 0.6) is 0 Å². The number of benzene rings is 1. The molecule has 0 atom stereocenters. The molecular formula is C19H26N8O. The Kier molecular flexibility index (Phi) is 5.34. The van der Waals surface area contributed by atoms with E-state index in [1.165, 1.54) is 11.3 Å². The van der Waals surface area contributed by atoms with E-state index in [1.807, 2.05) is 6.92 Å². The van der Waals surface area contributed by atoms with Crippen LogP contribution in [0.15, 0.2) is 22.7 Å². The van der Waals surface area contributed by atoms with E-state index >= 15 is 0 Å². The summed E-state index contributed by atoms with van der Waals surface area (Å²) in [5, 5.41) is 18.7. The molecule has 1 fully saturated rings. The summed E-state index contributed by atoms with van der Waals surface area (Å²) in [4.78, 5) is 9.07. The quantitative estimate of drug-likeness (QED) is 0.692. The Morgan fingerprint density at radius 1 is 1.18 bits per heavy atom. The number of nitrogens with zero attached hydrogens (tertiary/aromatic N) is 7. The fourth-order valence-electron chi connectivity index (χ4n) is 3.65. The Morgan fingerprint density at radius 3 is 2.64 bits per heavy atom. The van der Waals surface area contributed by atoms with Crippen molar-refractivity contribution in [3.05, 3.63) is 35.5 Å². The smallest absolute Gasteiger partial charge is 0.223 e. The molecule has 9 nitrogen and oxygen atoms in total. The zero-order valence-corrected chi connectivity index (χ0v) is 16.6. The van der Waals surface area contributed by atoms with Crippen molar-refractivity contribution in [2.24, 2.45) is 5.92 Å². The maximum Gasteiger partial charge on any atom is 0.223 e. The Labute approximate surface area is 164 Å². The van der Waals surface area contributed by atoms with Gasteiger partial charge in [0.25, 0.3) is 0 Å². The summed E-state index contributed by atoms with van der Waals surface area (Å²) in [6.45, 7) is 10.7. The Hall–Kier alpha value is -2.81. The lowest BCUT2D eigenvalue weighted by atomic mass is 9.99. The van der Waals surface area contributed by atoms with Gasteiger partial charge in [-0.3, -0.25) is 4.90 Å². The highest BCUT2D eigenvalue weighted by Crippen LogP contribution is 2.31. The Bertz CT molecular complexity index is 897. The van der Waals surface area contributed by atoms with Crippen LogP contribution in [0.2, 0.25) is 0 Å². The molecule has 1 saturated heterocycles. The Morgan fingerprint density at radius 2 is 2.00 bits per heavy atom. The molecule has 9 heteroatoms. The second-order valence-corrected chi connectivity index (χ2v) is 7.68. The minimum absolute atomic E-state index is 0.610. The van der Waals surface area contributed by atoms with Gasteiger partial charge < -0.3 is 9.42 Å². The predicted molar refractivity (Wildman–Crippen MR) is 105 cm³/mol. The van der Waals surface area contributed by atoms with Gasteiger partial charge >= 0.3 is 0 Å². The van der Waals surface area contributed by atoms with Crippen molar-refractivity contribution in [2.75, 3.05) is 31.1 Å². The van der Waals surface area contributed by atoms with Crippen molar-refractivity contribution in [1.82, 2.24) is 35.7 Å². The first-order chi connectivity index (χ1) is 13.6. The fourth-order valence-corrected chi connectivity index (χ4v) is 3.65. The van der Waals surface area contributed by atoms with Crippen LogP contribution in [0, 0.1) is 12.8 Å². The molecule has 1 aromatic carbocycles. The molecule has 2 aromatic heterocycles. The predicted octanol–water partition coefficient (Wildman–Crippen LogP) is 2.08. The summed E-state index contributed by atoms with van der Waals surface area (Å²) in [6, 6.07) is 6.57. The van der Waals surface area contributed by atoms with E-state index < -0.39 is 0 Å². The van der Waals surface area contributed by atoms with E-state index in [4.69, 9.17) is 4.52 Å². The van der Waals surface area contributed by atoms with Crippen LogP contribution >= 0.6 is 0 Å². The zero-order valence-electron chi connectivity index (χ0n) is 16.6. The van der Waals surface area contributed by atoms with Gasteiger partial charge in [-0.1, -0.05) is 25.1 Å². The standard InChI is InChI=1S/C19H26N8O/c1-13(2)10-15-4-5-16(19-21-24-25-22-19)17(11-15)27-8-6-26(7-9-27)12-18-20-14(3)28-23-18/h4-5,11,13H,6-10,12H2,1-3H3,(H,21,22,24,25). The highest BCUT2D eigenvalue weighted by atomic mass is 16.5. The van der Waals surface area contributed by atoms with E-state index in [-0.39, 0.29) is 0 Å². The number of H-pyrrole nitrogens is 1. The van der Waals surface area contributed by atoms with Crippen LogP contribution < -0.4 is 4.90 Å². The minimum atomic E-state index is 0.610. The first kappa shape index (κ1) is 18.5. The molecule has 3 aromatic rings. The lowest BCUT2D eigenvalue weighted by Gasteiger charge is -2.36. The molecule has 1 aliphatic heterocycles. The van der Waals surface area contributed by atoms with Gasteiger partial charge in [0, 0.05) is 44.4 Å². The normalized spacial score (nSPS) is 15.5. The molecule has 1 N–H and O–H groups in total. The number of nitrogens with one attached hydrogen (secondary N) is 1. The van der Waals surface area contributed by atoms with Gasteiger partial charge in [-0.25, -0.2) is 0 Å². The van der Waals surface area contributed by atoms with Crippen molar-refractivity contribution < 1.29 is 4.52 Å². The first-order valence-electron chi connectivity index (χ1n) is 9.71. The van der Waals surface area contributed by atoms with E-state index in [9.17, 15) is 0 Å². The molecular weight excluding hydrogens is 356 g/mol. The van der Waals surface area contributed by atoms with Crippen LogP contribution in [0.3, 0.4) is 0 Å². The van der Waals surface area contributed by atoms with Gasteiger partial charge in [-0.05, 0) is 35.2 Å². The van der Waals surface area contributed by atoms with E-state index in [1.54, 1.807) is 0 Å². The van der Waals surface area contributed by atoms with Gasteiger partial charge in [0.2, 0.25) is 11.7 Å². The SMILES string of the molecule is Cc1nc(CN2CCN(c3cc(CC(C)C)ccc3-c3nn[nH]n3)CC2)no1.